The first-order chi connectivity index (χ1) is 16.7. The Morgan fingerprint density at radius 1 is 0.861 bits per heavy atom. The number of amidine groups is 1. The van der Waals surface area contributed by atoms with Crippen LogP contribution in [0.15, 0.2) is 36.4 Å². The molecule has 0 aromatic heterocycles. The highest BCUT2D eigenvalue weighted by Crippen LogP contribution is 2.40. The summed E-state index contributed by atoms with van der Waals surface area (Å²) in [4.78, 5) is 15.0. The summed E-state index contributed by atoms with van der Waals surface area (Å²) < 4.78 is 22.8. The molecule has 0 saturated carbocycles. The van der Waals surface area contributed by atoms with Gasteiger partial charge in [0.05, 0.1) is 33.0 Å². The predicted molar refractivity (Wildman–Crippen MR) is 146 cm³/mol. The van der Waals surface area contributed by atoms with Gasteiger partial charge in [-0.2, -0.15) is 0 Å². The van der Waals surface area contributed by atoms with Gasteiger partial charge in [-0.05, 0) is 83.4 Å². The number of unbranched alkanes of at least 4 members (excludes halogenated alkanes) is 2. The quantitative estimate of drug-likeness (QED) is 0.198. The van der Waals surface area contributed by atoms with Gasteiger partial charge in [0.25, 0.3) is 5.91 Å². The van der Waals surface area contributed by atoms with Crippen molar-refractivity contribution in [3.8, 4) is 23.0 Å². The second-order valence-electron chi connectivity index (χ2n) is 8.77. The van der Waals surface area contributed by atoms with E-state index in [1.54, 1.807) is 31.4 Å². The van der Waals surface area contributed by atoms with E-state index in [9.17, 15) is 4.79 Å². The standard InChI is InChI=1S/C27H39N3O5.ClH/c1-18(2)30(19(3)4)27(31)22-14-15-23(25(33-6)24(22)32-5)35-17-9-7-8-16-34-21-12-10-20(11-13-21)26(28)29;/h10-15,18-19H,7-9,16-17H2,1-6H3,(H3,28,29);1H. The molecule has 2 rings (SSSR count). The average molecular weight is 522 g/mol. The van der Waals surface area contributed by atoms with Crippen molar-refractivity contribution in [1.82, 2.24) is 4.90 Å². The van der Waals surface area contributed by atoms with Crippen LogP contribution in [0, 0.1) is 5.41 Å². The van der Waals surface area contributed by atoms with E-state index in [2.05, 4.69) is 0 Å². The molecule has 8 nitrogen and oxygen atoms in total. The molecule has 2 aromatic rings. The highest BCUT2D eigenvalue weighted by atomic mass is 35.5. The minimum absolute atomic E-state index is 0. The second-order valence-corrected chi connectivity index (χ2v) is 8.77. The zero-order valence-electron chi connectivity index (χ0n) is 22.1. The lowest BCUT2D eigenvalue weighted by Gasteiger charge is -2.31. The molecular weight excluding hydrogens is 482 g/mol. The maximum atomic E-state index is 13.2. The molecule has 0 aliphatic heterocycles. The van der Waals surface area contributed by atoms with E-state index in [1.807, 2.05) is 44.7 Å². The number of nitrogens with one attached hydrogen (secondary N) is 1. The van der Waals surface area contributed by atoms with Gasteiger partial charge < -0.3 is 29.6 Å². The fourth-order valence-electron chi connectivity index (χ4n) is 3.91. The zero-order chi connectivity index (χ0) is 26.0. The fraction of sp³-hybridized carbons (Fsp3) is 0.481. The normalized spacial score (nSPS) is 10.6. The Kier molecular flexibility index (Phi) is 12.9. The number of methoxy groups -OCH3 is 2. The number of carbonyl (C=O) groups is 1. The van der Waals surface area contributed by atoms with Gasteiger partial charge >= 0.3 is 0 Å². The Hall–Kier alpha value is -3.13. The van der Waals surface area contributed by atoms with Gasteiger partial charge in [-0.3, -0.25) is 10.2 Å². The van der Waals surface area contributed by atoms with Crippen LogP contribution < -0.4 is 24.7 Å². The third-order valence-corrected chi connectivity index (χ3v) is 5.54. The van der Waals surface area contributed by atoms with Gasteiger partial charge in [0.2, 0.25) is 5.75 Å². The van der Waals surface area contributed by atoms with Crippen molar-refractivity contribution in [2.75, 3.05) is 27.4 Å². The highest BCUT2D eigenvalue weighted by molar-refractivity contribution is 5.98. The van der Waals surface area contributed by atoms with Crippen molar-refractivity contribution >= 4 is 24.1 Å². The fourth-order valence-corrected chi connectivity index (χ4v) is 3.91. The van der Waals surface area contributed by atoms with Crippen molar-refractivity contribution in [2.24, 2.45) is 5.73 Å². The lowest BCUT2D eigenvalue weighted by molar-refractivity contribution is 0.0639. The number of carbonyl (C=O) groups excluding carboxylic acids is 1. The summed E-state index contributed by atoms with van der Waals surface area (Å²) in [6.07, 6.45) is 2.65. The molecule has 9 heteroatoms. The highest BCUT2D eigenvalue weighted by Gasteiger charge is 2.27. The van der Waals surface area contributed by atoms with Crippen molar-refractivity contribution in [3.05, 3.63) is 47.5 Å². The molecule has 0 unspecified atom stereocenters. The summed E-state index contributed by atoms with van der Waals surface area (Å²) in [5.74, 6) is 2.04. The summed E-state index contributed by atoms with van der Waals surface area (Å²) in [6, 6.07) is 10.8. The molecule has 200 valence electrons. The van der Waals surface area contributed by atoms with Crippen LogP contribution in [0.4, 0.5) is 0 Å². The molecule has 0 radical (unpaired) electrons. The van der Waals surface area contributed by atoms with Crippen LogP contribution in [-0.4, -0.2) is 56.2 Å². The predicted octanol–water partition coefficient (Wildman–Crippen LogP) is 5.30. The average Bonchev–Trinajstić information content (AvgIpc) is 2.82. The molecule has 0 fully saturated rings. The summed E-state index contributed by atoms with van der Waals surface area (Å²) in [5.41, 5.74) is 6.59. The minimum Gasteiger partial charge on any atom is -0.494 e. The zero-order valence-corrected chi connectivity index (χ0v) is 22.9. The molecular formula is C27H40ClN3O5. The first kappa shape index (κ1) is 30.9. The maximum Gasteiger partial charge on any atom is 0.258 e. The van der Waals surface area contributed by atoms with E-state index in [0.717, 1.165) is 25.0 Å². The molecule has 0 saturated heterocycles. The number of ether oxygens (including phenoxy) is 4. The Morgan fingerprint density at radius 3 is 1.92 bits per heavy atom. The maximum absolute atomic E-state index is 13.2. The Labute approximate surface area is 221 Å². The van der Waals surface area contributed by atoms with E-state index >= 15 is 0 Å². The lowest BCUT2D eigenvalue weighted by Crippen LogP contribution is -2.42. The topological polar surface area (TPSA) is 107 Å². The largest absolute Gasteiger partial charge is 0.494 e. The van der Waals surface area contributed by atoms with Crippen LogP contribution in [0.5, 0.6) is 23.0 Å². The van der Waals surface area contributed by atoms with Gasteiger partial charge in [0.1, 0.15) is 11.6 Å². The smallest absolute Gasteiger partial charge is 0.258 e. The van der Waals surface area contributed by atoms with Crippen LogP contribution in [0.1, 0.15) is 62.9 Å². The van der Waals surface area contributed by atoms with Gasteiger partial charge in [-0.1, -0.05) is 0 Å². The Bertz CT molecular complexity index is 972. The molecule has 0 aliphatic rings. The van der Waals surface area contributed by atoms with Crippen LogP contribution >= 0.6 is 12.4 Å². The summed E-state index contributed by atoms with van der Waals surface area (Å²) in [6.45, 7) is 9.07. The van der Waals surface area contributed by atoms with Gasteiger partial charge in [0.15, 0.2) is 11.5 Å². The lowest BCUT2D eigenvalue weighted by atomic mass is 10.1. The molecule has 0 heterocycles. The van der Waals surface area contributed by atoms with Crippen molar-refractivity contribution in [2.45, 2.75) is 59.0 Å². The van der Waals surface area contributed by atoms with Crippen LogP contribution in [-0.2, 0) is 0 Å². The first-order valence-corrected chi connectivity index (χ1v) is 12.0. The minimum atomic E-state index is -0.104. The van der Waals surface area contributed by atoms with Crippen LogP contribution in [0.3, 0.4) is 0 Å². The second kappa shape index (κ2) is 15.1. The monoisotopic (exact) mass is 521 g/mol. The summed E-state index contributed by atoms with van der Waals surface area (Å²) >= 11 is 0. The van der Waals surface area contributed by atoms with E-state index in [-0.39, 0.29) is 36.2 Å². The summed E-state index contributed by atoms with van der Waals surface area (Å²) in [5, 5.41) is 7.42. The Balaban J connectivity index is 0.00000648. The van der Waals surface area contributed by atoms with E-state index in [1.165, 1.54) is 7.11 Å². The number of hydrogen-bond acceptors (Lipinski definition) is 6. The molecule has 0 aliphatic carbocycles. The van der Waals surface area contributed by atoms with Crippen molar-refractivity contribution in [3.63, 3.8) is 0 Å². The summed E-state index contributed by atoms with van der Waals surface area (Å²) in [7, 11) is 3.07. The number of hydrogen-bond donors (Lipinski definition) is 2. The van der Waals surface area contributed by atoms with Crippen LogP contribution in [0.25, 0.3) is 0 Å². The SMILES string of the molecule is COc1c(OCCCCCOc2ccc(C(=N)N)cc2)ccc(C(=O)N(C(C)C)C(C)C)c1OC.Cl. The third kappa shape index (κ3) is 8.22. The van der Waals surface area contributed by atoms with Crippen molar-refractivity contribution in [1.29, 1.82) is 5.41 Å². The molecule has 0 bridgehead atoms. The molecule has 2 aromatic carbocycles. The van der Waals surface area contributed by atoms with Crippen LogP contribution in [0.2, 0.25) is 0 Å². The number of nitrogen functional groups attached to an aromatic ring is 1. The van der Waals surface area contributed by atoms with E-state index < -0.39 is 0 Å². The van der Waals surface area contributed by atoms with Gasteiger partial charge in [-0.15, -0.1) is 12.4 Å². The number of rotatable bonds is 14. The van der Waals surface area contributed by atoms with E-state index in [4.69, 9.17) is 30.1 Å². The van der Waals surface area contributed by atoms with Gasteiger partial charge in [-0.25, -0.2) is 0 Å². The van der Waals surface area contributed by atoms with Gasteiger partial charge in [0, 0.05) is 17.6 Å². The number of nitrogens with zero attached hydrogens (tertiary/aromatic N) is 1. The third-order valence-electron chi connectivity index (χ3n) is 5.54. The van der Waals surface area contributed by atoms with Crippen molar-refractivity contribution < 1.29 is 23.7 Å². The molecule has 36 heavy (non-hydrogen) atoms. The molecule has 3 N–H and O–H groups in total. The molecule has 0 spiro atoms. The molecule has 1 amide bonds. The number of nitrogens with two attached hydrogens (primary N) is 1. The number of benzene rings is 2. The van der Waals surface area contributed by atoms with E-state index in [0.29, 0.717) is 41.6 Å². The number of amides is 1. The molecule has 0 atom stereocenters. The Morgan fingerprint density at radius 2 is 1.42 bits per heavy atom. The number of halogens is 1. The first-order valence-electron chi connectivity index (χ1n) is 12.0.